The van der Waals surface area contributed by atoms with Gasteiger partial charge in [0.1, 0.15) is 18.2 Å². The molecule has 10 nitrogen and oxygen atoms in total. The molecule has 3 aliphatic heterocycles. The fourth-order valence-corrected chi connectivity index (χ4v) is 6.99. The Bertz CT molecular complexity index is 1570. The van der Waals surface area contributed by atoms with Crippen molar-refractivity contribution in [2.45, 2.75) is 51.7 Å². The molecule has 10 heteroatoms. The highest BCUT2D eigenvalue weighted by Gasteiger charge is 2.34. The van der Waals surface area contributed by atoms with Crippen LogP contribution < -0.4 is 14.5 Å². The first-order chi connectivity index (χ1) is 20.3. The van der Waals surface area contributed by atoms with Gasteiger partial charge in [0.05, 0.1) is 35.3 Å². The van der Waals surface area contributed by atoms with E-state index >= 15 is 0 Å². The summed E-state index contributed by atoms with van der Waals surface area (Å²) in [6.07, 6.45) is 6.32. The van der Waals surface area contributed by atoms with Crippen molar-refractivity contribution in [1.29, 1.82) is 5.26 Å². The zero-order valence-corrected chi connectivity index (χ0v) is 25.1. The van der Waals surface area contributed by atoms with Crippen LogP contribution in [-0.4, -0.2) is 88.9 Å². The molecule has 2 unspecified atom stereocenters. The highest BCUT2D eigenvalue weighted by Crippen LogP contribution is 2.40. The number of hydrogen-bond acceptors (Lipinski definition) is 8. The molecule has 5 heterocycles. The molecule has 2 aromatic heterocycles. The van der Waals surface area contributed by atoms with Crippen molar-refractivity contribution in [1.82, 2.24) is 24.6 Å². The maximum Gasteiger partial charge on any atom is 0.246 e. The van der Waals surface area contributed by atoms with E-state index in [2.05, 4.69) is 65.5 Å². The number of rotatable bonds is 6. The molecule has 42 heavy (non-hydrogen) atoms. The smallest absolute Gasteiger partial charge is 0.246 e. The Morgan fingerprint density at radius 2 is 2.02 bits per heavy atom. The van der Waals surface area contributed by atoms with E-state index in [1.807, 2.05) is 22.8 Å². The van der Waals surface area contributed by atoms with Gasteiger partial charge in [0, 0.05) is 56.3 Å². The molecule has 2 saturated heterocycles. The van der Waals surface area contributed by atoms with Gasteiger partial charge in [0.25, 0.3) is 0 Å². The summed E-state index contributed by atoms with van der Waals surface area (Å²) < 4.78 is 8.32. The first-order valence-electron chi connectivity index (χ1n) is 14.9. The molecular weight excluding hydrogens is 528 g/mol. The summed E-state index contributed by atoms with van der Waals surface area (Å²) in [4.78, 5) is 26.4. The van der Waals surface area contributed by atoms with Gasteiger partial charge in [-0.1, -0.05) is 12.6 Å². The van der Waals surface area contributed by atoms with Crippen LogP contribution in [0.1, 0.15) is 42.1 Å². The normalized spacial score (nSPS) is 21.0. The Kier molecular flexibility index (Phi) is 7.54. The summed E-state index contributed by atoms with van der Waals surface area (Å²) in [5.74, 6) is 0.363. The zero-order chi connectivity index (χ0) is 29.5. The molecule has 0 spiro atoms. The van der Waals surface area contributed by atoms with Gasteiger partial charge in [-0.3, -0.25) is 9.48 Å². The lowest BCUT2D eigenvalue weighted by atomic mass is 9.96. The lowest BCUT2D eigenvalue weighted by Crippen LogP contribution is -2.54. The van der Waals surface area contributed by atoms with Crippen molar-refractivity contribution in [2.75, 3.05) is 56.2 Å². The van der Waals surface area contributed by atoms with Gasteiger partial charge >= 0.3 is 0 Å². The third-order valence-corrected chi connectivity index (χ3v) is 9.31. The third kappa shape index (κ3) is 4.86. The van der Waals surface area contributed by atoms with Gasteiger partial charge in [0.15, 0.2) is 0 Å². The molecule has 6 rings (SSSR count). The van der Waals surface area contributed by atoms with Crippen molar-refractivity contribution in [3.8, 4) is 11.9 Å². The average Bonchev–Trinajstić information content (AvgIpc) is 3.58. The van der Waals surface area contributed by atoms with Crippen molar-refractivity contribution in [3.63, 3.8) is 0 Å². The predicted octanol–water partition coefficient (Wildman–Crippen LogP) is 3.41. The number of carbonyl (C=O) groups excluding carboxylic acids is 1. The number of amides is 1. The van der Waals surface area contributed by atoms with Gasteiger partial charge in [-0.15, -0.1) is 0 Å². The Labute approximate surface area is 247 Å². The second-order valence-electron chi connectivity index (χ2n) is 11.9. The molecule has 1 aromatic carbocycles. The molecular formula is C32H40N8O2. The van der Waals surface area contributed by atoms with Crippen molar-refractivity contribution in [2.24, 2.45) is 7.05 Å². The monoisotopic (exact) mass is 568 g/mol. The second kappa shape index (κ2) is 11.3. The summed E-state index contributed by atoms with van der Waals surface area (Å²) >= 11 is 0. The standard InChI is InChI=1S/C32H40N8O2/c1-6-29(41)40-15-14-39(18-22(40)3)31-24-11-13-38(30-21(2)9-10-28-26(30)17-34-37(28)5)19-27(24)35-32(25(31)16-33)42-20-23-8-7-12-36(23)4/h6,9-10,17,22-23H,1,7-8,11-15,18-20H2,2-5H3. The highest BCUT2D eigenvalue weighted by atomic mass is 16.5. The number of aromatic nitrogens is 3. The molecule has 0 aliphatic carbocycles. The van der Waals surface area contributed by atoms with E-state index < -0.39 is 0 Å². The largest absolute Gasteiger partial charge is 0.475 e. The van der Waals surface area contributed by atoms with Crippen molar-refractivity contribution < 1.29 is 9.53 Å². The van der Waals surface area contributed by atoms with E-state index in [-0.39, 0.29) is 11.9 Å². The summed E-state index contributed by atoms with van der Waals surface area (Å²) in [5, 5.41) is 16.2. The number of anilines is 2. The Hall–Kier alpha value is -4.10. The maximum absolute atomic E-state index is 12.5. The Morgan fingerprint density at radius 1 is 1.19 bits per heavy atom. The lowest BCUT2D eigenvalue weighted by molar-refractivity contribution is -0.128. The molecule has 0 radical (unpaired) electrons. The molecule has 3 aromatic rings. The minimum atomic E-state index is -0.0558. The Balaban J connectivity index is 1.40. The maximum atomic E-state index is 12.5. The number of carbonyl (C=O) groups is 1. The second-order valence-corrected chi connectivity index (χ2v) is 11.9. The van der Waals surface area contributed by atoms with Crippen LogP contribution in [-0.2, 0) is 24.8 Å². The number of ether oxygens (including phenoxy) is 1. The topological polar surface area (TPSA) is 93.8 Å². The fraction of sp³-hybridized carbons (Fsp3) is 0.500. The number of pyridine rings is 1. The number of likely N-dealkylation sites (tertiary alicyclic amines) is 1. The number of benzene rings is 1. The van der Waals surface area contributed by atoms with Gasteiger partial charge in [-0.2, -0.15) is 10.4 Å². The van der Waals surface area contributed by atoms with Crippen LogP contribution in [0.15, 0.2) is 31.0 Å². The number of aryl methyl sites for hydroxylation is 2. The molecule has 0 N–H and O–H groups in total. The summed E-state index contributed by atoms with van der Waals surface area (Å²) in [6, 6.07) is 7.06. The number of fused-ring (bicyclic) bond motifs is 2. The molecule has 220 valence electrons. The zero-order valence-electron chi connectivity index (χ0n) is 25.1. The van der Waals surface area contributed by atoms with E-state index in [4.69, 9.17) is 9.72 Å². The van der Waals surface area contributed by atoms with E-state index in [1.165, 1.54) is 17.3 Å². The fourth-order valence-electron chi connectivity index (χ4n) is 6.99. The van der Waals surface area contributed by atoms with Gasteiger partial charge < -0.3 is 24.3 Å². The molecule has 3 aliphatic rings. The van der Waals surface area contributed by atoms with Crippen LogP contribution >= 0.6 is 0 Å². The number of hydrogen-bond donors (Lipinski definition) is 0. The molecule has 0 saturated carbocycles. The van der Waals surface area contributed by atoms with E-state index in [0.29, 0.717) is 50.3 Å². The highest BCUT2D eigenvalue weighted by molar-refractivity contribution is 5.94. The van der Waals surface area contributed by atoms with Crippen LogP contribution in [0.2, 0.25) is 0 Å². The van der Waals surface area contributed by atoms with Crippen LogP contribution in [0.25, 0.3) is 10.9 Å². The summed E-state index contributed by atoms with van der Waals surface area (Å²) in [7, 11) is 4.10. The van der Waals surface area contributed by atoms with E-state index in [1.54, 1.807) is 0 Å². The Morgan fingerprint density at radius 3 is 2.74 bits per heavy atom. The first-order valence-corrected chi connectivity index (χ1v) is 14.9. The molecule has 0 bridgehead atoms. The number of likely N-dealkylation sites (N-methyl/N-ethyl adjacent to an activating group) is 1. The number of nitriles is 1. The van der Waals surface area contributed by atoms with Crippen LogP contribution in [0.4, 0.5) is 11.4 Å². The van der Waals surface area contributed by atoms with Crippen LogP contribution in [0.5, 0.6) is 5.88 Å². The number of piperazine rings is 1. The van der Waals surface area contributed by atoms with Gasteiger partial charge in [-0.05, 0) is 64.4 Å². The predicted molar refractivity (Wildman–Crippen MR) is 164 cm³/mol. The molecule has 1 amide bonds. The quantitative estimate of drug-likeness (QED) is 0.418. The number of nitrogens with zero attached hydrogens (tertiary/aromatic N) is 8. The van der Waals surface area contributed by atoms with Gasteiger partial charge in [0.2, 0.25) is 11.8 Å². The SMILES string of the molecule is C=CC(=O)N1CCN(c2c(C#N)c(OCC3CCCN3C)nc3c2CCN(c2c(C)ccc4c2cnn4C)C3)CC1C. The lowest BCUT2D eigenvalue weighted by Gasteiger charge is -2.42. The van der Waals surface area contributed by atoms with Crippen molar-refractivity contribution >= 4 is 28.2 Å². The summed E-state index contributed by atoms with van der Waals surface area (Å²) in [6.45, 7) is 12.7. The van der Waals surface area contributed by atoms with Crippen LogP contribution in [0.3, 0.4) is 0 Å². The minimum absolute atomic E-state index is 0.0120. The van der Waals surface area contributed by atoms with E-state index in [0.717, 1.165) is 60.2 Å². The molecule has 2 fully saturated rings. The first kappa shape index (κ1) is 28.0. The van der Waals surface area contributed by atoms with Crippen molar-refractivity contribution in [3.05, 3.63) is 53.4 Å². The molecule has 2 atom stereocenters. The minimum Gasteiger partial charge on any atom is -0.475 e. The average molecular weight is 569 g/mol. The van der Waals surface area contributed by atoms with E-state index in [9.17, 15) is 10.1 Å². The van der Waals surface area contributed by atoms with Crippen LogP contribution in [0, 0.1) is 18.3 Å². The summed E-state index contributed by atoms with van der Waals surface area (Å²) in [5.41, 5.74) is 6.96. The third-order valence-electron chi connectivity index (χ3n) is 9.31. The van der Waals surface area contributed by atoms with Gasteiger partial charge in [-0.25, -0.2) is 4.98 Å².